The van der Waals surface area contributed by atoms with Crippen molar-refractivity contribution in [2.45, 2.75) is 122 Å². The number of hydrogen-bond acceptors (Lipinski definition) is 20. The third-order valence-corrected chi connectivity index (χ3v) is 12.3. The maximum absolute atomic E-state index is 14.5. The van der Waals surface area contributed by atoms with Crippen molar-refractivity contribution in [1.82, 2.24) is 9.97 Å². The van der Waals surface area contributed by atoms with E-state index < -0.39 is 138 Å². The van der Waals surface area contributed by atoms with Gasteiger partial charge in [0.15, 0.2) is 30.0 Å². The number of aliphatic hydroxyl groups is 1. The van der Waals surface area contributed by atoms with Crippen LogP contribution in [0, 0.1) is 17.3 Å². The zero-order valence-electron chi connectivity index (χ0n) is 35.4. The van der Waals surface area contributed by atoms with Gasteiger partial charge in [0.05, 0.1) is 28.7 Å². The minimum Gasteiger partial charge on any atom is -0.465 e. The van der Waals surface area contributed by atoms with E-state index in [4.69, 9.17) is 42.6 Å². The molecule has 2 aromatic heterocycles. The van der Waals surface area contributed by atoms with Gasteiger partial charge in [-0.2, -0.15) is 0 Å². The molecule has 4 aliphatic rings. The molecule has 334 valence electrons. The summed E-state index contributed by atoms with van der Waals surface area (Å²) < 4.78 is 55.3. The van der Waals surface area contributed by atoms with Crippen LogP contribution in [0.3, 0.4) is 0 Å². The van der Waals surface area contributed by atoms with E-state index in [1.807, 2.05) is 0 Å². The number of fused-ring (bicyclic) bond motifs is 5. The Morgan fingerprint density at radius 3 is 1.95 bits per heavy atom. The number of carbonyl (C=O) groups excluding carboxylic acids is 8. The molecule has 6 rings (SSSR count). The molecular formula is C42H48N2O18. The summed E-state index contributed by atoms with van der Waals surface area (Å²) in [6.07, 6.45) is -8.37. The largest absolute Gasteiger partial charge is 0.465 e. The van der Waals surface area contributed by atoms with Crippen LogP contribution in [0.15, 0.2) is 42.9 Å². The highest BCUT2D eigenvalue weighted by atomic mass is 16.7. The second-order valence-corrected chi connectivity index (χ2v) is 16.4. The predicted octanol–water partition coefficient (Wildman–Crippen LogP) is 1.72. The van der Waals surface area contributed by atoms with Crippen LogP contribution in [0.5, 0.6) is 0 Å². The third kappa shape index (κ3) is 7.41. The van der Waals surface area contributed by atoms with E-state index in [1.54, 1.807) is 6.92 Å². The van der Waals surface area contributed by atoms with Crippen molar-refractivity contribution in [3.05, 3.63) is 59.7 Å². The van der Waals surface area contributed by atoms with Crippen LogP contribution >= 0.6 is 0 Å². The van der Waals surface area contributed by atoms with Gasteiger partial charge in [0, 0.05) is 59.1 Å². The van der Waals surface area contributed by atoms with Crippen LogP contribution in [0.4, 0.5) is 0 Å². The van der Waals surface area contributed by atoms with Gasteiger partial charge in [-0.1, -0.05) is 13.8 Å². The molecule has 2 aromatic rings. The maximum Gasteiger partial charge on any atom is 0.340 e. The topological polar surface area (TPSA) is 266 Å². The van der Waals surface area contributed by atoms with Gasteiger partial charge in [-0.25, -0.2) is 9.59 Å². The number of cyclic esters (lactones) is 1. The number of pyridine rings is 2. The monoisotopic (exact) mass is 868 g/mol. The first-order chi connectivity index (χ1) is 29.0. The molecule has 0 aromatic carbocycles. The van der Waals surface area contributed by atoms with E-state index in [1.165, 1.54) is 50.5 Å². The number of hydrogen-bond donors (Lipinski definition) is 1. The van der Waals surface area contributed by atoms with Crippen molar-refractivity contribution in [3.8, 4) is 0 Å². The number of nitrogens with zero attached hydrogens (tertiary/aromatic N) is 2. The lowest BCUT2D eigenvalue weighted by Crippen LogP contribution is -2.89. The Bertz CT molecular complexity index is 2160. The Morgan fingerprint density at radius 1 is 0.774 bits per heavy atom. The summed E-state index contributed by atoms with van der Waals surface area (Å²) in [4.78, 5) is 118. The van der Waals surface area contributed by atoms with Crippen LogP contribution < -0.4 is 0 Å². The second-order valence-electron chi connectivity index (χ2n) is 16.4. The number of aromatic nitrogens is 2. The van der Waals surface area contributed by atoms with Crippen LogP contribution in [-0.4, -0.2) is 129 Å². The summed E-state index contributed by atoms with van der Waals surface area (Å²) >= 11 is 0. The molecule has 4 bridgehead atoms. The standard InChI is InChI=1S/C42H48N2O18/c1-19-20(2)36(50)61-33-31(56-22(4)46)35(59-25(7)49)41(18-54-21(3)45)34(58-24(6)48)30(60-37(51)26-12-10-14-43-16-26)28-32(57-23(5)47)42(41,40(33,9)53)62-39(28,8)17-55-38(52)27-13-11-15-44-29(19)27/h10-16,19-20,28,30-35,53H,17-18H2,1-9H3/t19?,20?,28-,30+,31+,32-,33+,34-,35+,39+,40+,41-,42+/m1/s1. The number of ether oxygens (including phenoxy) is 9. The summed E-state index contributed by atoms with van der Waals surface area (Å²) in [7, 11) is 0. The molecule has 1 N–H and O–H groups in total. The van der Waals surface area contributed by atoms with Crippen molar-refractivity contribution >= 4 is 47.8 Å². The normalized spacial score (nSPS) is 36.0. The van der Waals surface area contributed by atoms with Gasteiger partial charge in [0.25, 0.3) is 0 Å². The molecule has 20 nitrogen and oxygen atoms in total. The van der Waals surface area contributed by atoms with Crippen molar-refractivity contribution < 1.29 is 86.1 Å². The summed E-state index contributed by atoms with van der Waals surface area (Å²) in [6.45, 7) is 8.55. The highest BCUT2D eigenvalue weighted by Crippen LogP contribution is 2.70. The lowest BCUT2D eigenvalue weighted by atomic mass is 9.45. The fourth-order valence-corrected chi connectivity index (χ4v) is 9.73. The highest BCUT2D eigenvalue weighted by molar-refractivity contribution is 5.91. The van der Waals surface area contributed by atoms with Crippen molar-refractivity contribution in [2.75, 3.05) is 13.2 Å². The van der Waals surface area contributed by atoms with Gasteiger partial charge < -0.3 is 47.7 Å². The van der Waals surface area contributed by atoms with E-state index in [0.717, 1.165) is 47.7 Å². The first-order valence-electron chi connectivity index (χ1n) is 19.7. The van der Waals surface area contributed by atoms with E-state index in [-0.39, 0.29) is 16.8 Å². The average Bonchev–Trinajstić information content (AvgIpc) is 3.42. The summed E-state index contributed by atoms with van der Waals surface area (Å²) in [5.74, 6) is -12.0. The molecule has 4 heterocycles. The molecular weight excluding hydrogens is 820 g/mol. The Balaban J connectivity index is 1.80. The minimum atomic E-state index is -2.86. The van der Waals surface area contributed by atoms with Gasteiger partial charge in [-0.3, -0.25) is 38.7 Å². The lowest BCUT2D eigenvalue weighted by molar-refractivity contribution is -0.386. The van der Waals surface area contributed by atoms with E-state index in [9.17, 15) is 43.5 Å². The first kappa shape index (κ1) is 45.5. The maximum atomic E-state index is 14.5. The Morgan fingerprint density at radius 2 is 1.37 bits per heavy atom. The minimum absolute atomic E-state index is 0.0579. The van der Waals surface area contributed by atoms with Crippen LogP contribution in [0.2, 0.25) is 0 Å². The fourth-order valence-electron chi connectivity index (χ4n) is 9.73. The molecule has 2 unspecified atom stereocenters. The third-order valence-electron chi connectivity index (χ3n) is 12.3. The van der Waals surface area contributed by atoms with Gasteiger partial charge in [-0.05, 0) is 38.1 Å². The van der Waals surface area contributed by atoms with E-state index >= 15 is 0 Å². The number of rotatable bonds is 8. The van der Waals surface area contributed by atoms with Gasteiger partial charge in [-0.15, -0.1) is 0 Å². The molecule has 1 spiro atoms. The highest BCUT2D eigenvalue weighted by Gasteiger charge is 2.92. The Kier molecular flexibility index (Phi) is 12.2. The summed E-state index contributed by atoms with van der Waals surface area (Å²) in [5.41, 5.74) is -10.5. The smallest absolute Gasteiger partial charge is 0.340 e. The van der Waals surface area contributed by atoms with E-state index in [0.29, 0.717) is 0 Å². The summed E-state index contributed by atoms with van der Waals surface area (Å²) in [6, 6.07) is 5.67. The predicted molar refractivity (Wildman–Crippen MR) is 203 cm³/mol. The molecule has 13 atom stereocenters. The second kappa shape index (κ2) is 16.7. The van der Waals surface area contributed by atoms with Crippen LogP contribution in [0.1, 0.15) is 94.6 Å². The first-order valence-corrected chi connectivity index (χ1v) is 19.7. The molecule has 1 saturated heterocycles. The quantitative estimate of drug-likeness (QED) is 0.292. The zero-order chi connectivity index (χ0) is 45.7. The molecule has 0 amide bonds. The fraction of sp³-hybridized carbons (Fsp3) is 0.571. The molecule has 2 aliphatic heterocycles. The Hall–Kier alpha value is -6.02. The van der Waals surface area contributed by atoms with Crippen LogP contribution in [-0.2, 0) is 71.4 Å². The lowest BCUT2D eigenvalue weighted by Gasteiger charge is -2.67. The number of carbonyl (C=O) groups is 8. The van der Waals surface area contributed by atoms with E-state index in [2.05, 4.69) is 9.97 Å². The van der Waals surface area contributed by atoms with Crippen molar-refractivity contribution in [2.24, 2.45) is 17.3 Å². The zero-order valence-corrected chi connectivity index (χ0v) is 35.4. The average molecular weight is 869 g/mol. The van der Waals surface area contributed by atoms with Crippen molar-refractivity contribution in [3.63, 3.8) is 0 Å². The molecule has 3 fully saturated rings. The van der Waals surface area contributed by atoms with Gasteiger partial charge >= 0.3 is 47.8 Å². The Labute approximate surface area is 355 Å². The number of esters is 8. The SMILES string of the molecule is CC(=O)OC[C@]12[C@H](OC(C)=O)[C@@H](OC(=O)c3cccnc3)[C@@H]3[C@@H](OC(C)=O)[C@@]14O[C@@]3(C)COC(=O)c1cccnc1C(C)C(C)C(=O)O[C@@H]([C@H](OC(C)=O)[C@@H]2OC(C)=O)[C@]4(C)O. The molecule has 20 heteroatoms. The van der Waals surface area contributed by atoms with Crippen LogP contribution in [0.25, 0.3) is 0 Å². The molecule has 2 aliphatic carbocycles. The molecule has 0 radical (unpaired) electrons. The van der Waals surface area contributed by atoms with Gasteiger partial charge in [0.1, 0.15) is 42.0 Å². The molecule has 62 heavy (non-hydrogen) atoms. The van der Waals surface area contributed by atoms with Crippen molar-refractivity contribution in [1.29, 1.82) is 0 Å². The van der Waals surface area contributed by atoms with Gasteiger partial charge in [0.2, 0.25) is 0 Å². The summed E-state index contributed by atoms with van der Waals surface area (Å²) in [5, 5.41) is 13.6. The molecule has 2 saturated carbocycles.